The normalized spacial score (nSPS) is 30.6. The number of carbonyl (C=O) groups excluding carboxylic acids is 1. The van der Waals surface area contributed by atoms with E-state index in [2.05, 4.69) is 4.74 Å². The fourth-order valence-corrected chi connectivity index (χ4v) is 1.17. The lowest BCUT2D eigenvalue weighted by Crippen LogP contribution is -2.29. The molecule has 1 aliphatic heterocycles. The molecule has 70 valence electrons. The molecule has 0 N–H and O–H groups in total. The van der Waals surface area contributed by atoms with Crippen molar-refractivity contribution in [3.8, 4) is 0 Å². The van der Waals surface area contributed by atoms with E-state index in [4.69, 9.17) is 0 Å². The Morgan fingerprint density at radius 1 is 1.50 bits per heavy atom. The minimum Gasteiger partial charge on any atom is -0.468 e. The molecule has 0 saturated carbocycles. The molecule has 0 aromatic rings. The second kappa shape index (κ2) is 3.80. The van der Waals surface area contributed by atoms with Gasteiger partial charge in [0.15, 0.2) is 0 Å². The molecule has 5 heteroatoms. The standard InChI is InChI=1S/C7H11F2NO2/c1-12-7(11)4-10-2-5(8)6(9)3-10/h5-6H,2-4H2,1H3/t5-,6-/m1/s1. The average Bonchev–Trinajstić information content (AvgIpc) is 2.31. The Kier molecular flexibility index (Phi) is 2.97. The molecule has 1 aliphatic rings. The van der Waals surface area contributed by atoms with E-state index < -0.39 is 18.3 Å². The van der Waals surface area contributed by atoms with Crippen molar-refractivity contribution < 1.29 is 18.3 Å². The van der Waals surface area contributed by atoms with Gasteiger partial charge in [0.25, 0.3) is 0 Å². The quantitative estimate of drug-likeness (QED) is 0.565. The minimum atomic E-state index is -1.46. The van der Waals surface area contributed by atoms with Crippen LogP contribution in [0, 0.1) is 0 Å². The first kappa shape index (κ1) is 9.38. The number of carbonyl (C=O) groups is 1. The van der Waals surface area contributed by atoms with Gasteiger partial charge in [-0.1, -0.05) is 0 Å². The van der Waals surface area contributed by atoms with Gasteiger partial charge in [0.1, 0.15) is 12.3 Å². The number of halogens is 2. The number of hydrogen-bond donors (Lipinski definition) is 0. The van der Waals surface area contributed by atoms with Crippen LogP contribution in [-0.4, -0.2) is 50.0 Å². The van der Waals surface area contributed by atoms with E-state index >= 15 is 0 Å². The van der Waals surface area contributed by atoms with Crippen molar-refractivity contribution in [1.29, 1.82) is 0 Å². The van der Waals surface area contributed by atoms with E-state index in [-0.39, 0.29) is 19.6 Å². The van der Waals surface area contributed by atoms with Crippen molar-refractivity contribution in [3.05, 3.63) is 0 Å². The lowest BCUT2D eigenvalue weighted by atomic mass is 10.3. The van der Waals surface area contributed by atoms with E-state index in [1.165, 1.54) is 12.0 Å². The summed E-state index contributed by atoms with van der Waals surface area (Å²) in [6.07, 6.45) is -2.93. The predicted octanol–water partition coefficient (Wildman–Crippen LogP) is 0.151. The molecule has 0 aliphatic carbocycles. The Labute approximate surface area is 69.3 Å². The van der Waals surface area contributed by atoms with Gasteiger partial charge in [-0.2, -0.15) is 0 Å². The van der Waals surface area contributed by atoms with Gasteiger partial charge in [0.2, 0.25) is 0 Å². The topological polar surface area (TPSA) is 29.5 Å². The summed E-state index contributed by atoms with van der Waals surface area (Å²) in [4.78, 5) is 12.1. The van der Waals surface area contributed by atoms with Crippen molar-refractivity contribution >= 4 is 5.97 Å². The van der Waals surface area contributed by atoms with Crippen molar-refractivity contribution in [2.24, 2.45) is 0 Å². The summed E-state index contributed by atoms with van der Waals surface area (Å²) in [6.45, 7) is -0.0656. The number of nitrogens with zero attached hydrogens (tertiary/aromatic N) is 1. The third-order valence-corrected chi connectivity index (χ3v) is 1.84. The molecule has 0 aromatic heterocycles. The molecule has 1 rings (SSSR count). The molecule has 3 nitrogen and oxygen atoms in total. The summed E-state index contributed by atoms with van der Waals surface area (Å²) in [5, 5.41) is 0. The zero-order valence-corrected chi connectivity index (χ0v) is 6.80. The van der Waals surface area contributed by atoms with Gasteiger partial charge in [-0.25, -0.2) is 8.78 Å². The number of likely N-dealkylation sites (tertiary alicyclic amines) is 1. The van der Waals surface area contributed by atoms with E-state index in [1.54, 1.807) is 0 Å². The molecule has 0 spiro atoms. The largest absolute Gasteiger partial charge is 0.468 e. The third-order valence-electron chi connectivity index (χ3n) is 1.84. The molecule has 2 atom stereocenters. The zero-order chi connectivity index (χ0) is 9.14. The average molecular weight is 179 g/mol. The van der Waals surface area contributed by atoms with Crippen molar-refractivity contribution in [2.45, 2.75) is 12.3 Å². The lowest BCUT2D eigenvalue weighted by molar-refractivity contribution is -0.141. The molecular weight excluding hydrogens is 168 g/mol. The van der Waals surface area contributed by atoms with E-state index in [0.29, 0.717) is 0 Å². The van der Waals surface area contributed by atoms with E-state index in [1.807, 2.05) is 0 Å². The van der Waals surface area contributed by atoms with Crippen LogP contribution >= 0.6 is 0 Å². The van der Waals surface area contributed by atoms with Gasteiger partial charge in [0.05, 0.1) is 13.7 Å². The molecule has 1 saturated heterocycles. The van der Waals surface area contributed by atoms with Crippen LogP contribution in [0.15, 0.2) is 0 Å². The molecule has 12 heavy (non-hydrogen) atoms. The van der Waals surface area contributed by atoms with E-state index in [9.17, 15) is 13.6 Å². The summed E-state index contributed by atoms with van der Waals surface area (Å²) in [7, 11) is 1.25. The first-order chi connectivity index (χ1) is 5.63. The first-order valence-corrected chi connectivity index (χ1v) is 3.70. The fourth-order valence-electron chi connectivity index (χ4n) is 1.17. The number of methoxy groups -OCH3 is 1. The maximum Gasteiger partial charge on any atom is 0.319 e. The molecule has 0 amide bonds. The molecular formula is C7H11F2NO2. The smallest absolute Gasteiger partial charge is 0.319 e. The number of ether oxygens (including phenoxy) is 1. The Hall–Kier alpha value is -0.710. The Morgan fingerprint density at radius 3 is 2.42 bits per heavy atom. The van der Waals surface area contributed by atoms with Crippen molar-refractivity contribution in [1.82, 2.24) is 4.90 Å². The van der Waals surface area contributed by atoms with Crippen LogP contribution in [0.3, 0.4) is 0 Å². The predicted molar refractivity (Wildman–Crippen MR) is 38.2 cm³/mol. The Bertz CT molecular complexity index is 167. The highest BCUT2D eigenvalue weighted by Gasteiger charge is 2.33. The Balaban J connectivity index is 2.32. The highest BCUT2D eigenvalue weighted by atomic mass is 19.2. The van der Waals surface area contributed by atoms with Gasteiger partial charge in [0, 0.05) is 13.1 Å². The first-order valence-electron chi connectivity index (χ1n) is 3.70. The summed E-state index contributed by atoms with van der Waals surface area (Å²) in [6, 6.07) is 0. The maximum atomic E-state index is 12.6. The lowest BCUT2D eigenvalue weighted by Gasteiger charge is -2.11. The van der Waals surface area contributed by atoms with Crippen LogP contribution in [0.5, 0.6) is 0 Å². The summed E-state index contributed by atoms with van der Waals surface area (Å²) >= 11 is 0. The van der Waals surface area contributed by atoms with Gasteiger partial charge in [-0.15, -0.1) is 0 Å². The fraction of sp³-hybridized carbons (Fsp3) is 0.857. The van der Waals surface area contributed by atoms with Crippen LogP contribution in [0.4, 0.5) is 8.78 Å². The molecule has 0 unspecified atom stereocenters. The zero-order valence-electron chi connectivity index (χ0n) is 6.80. The SMILES string of the molecule is COC(=O)CN1C[C@@H](F)[C@H](F)C1. The van der Waals surface area contributed by atoms with Crippen molar-refractivity contribution in [3.63, 3.8) is 0 Å². The molecule has 1 fully saturated rings. The Morgan fingerprint density at radius 2 is 2.00 bits per heavy atom. The molecule has 1 heterocycles. The number of alkyl halides is 2. The van der Waals surface area contributed by atoms with Crippen LogP contribution in [-0.2, 0) is 9.53 Å². The van der Waals surface area contributed by atoms with E-state index in [0.717, 1.165) is 0 Å². The number of hydrogen-bond acceptors (Lipinski definition) is 3. The monoisotopic (exact) mass is 179 g/mol. The maximum absolute atomic E-state index is 12.6. The van der Waals surface area contributed by atoms with Crippen LogP contribution in [0.2, 0.25) is 0 Å². The minimum absolute atomic E-state index is 0.0176. The van der Waals surface area contributed by atoms with Crippen LogP contribution < -0.4 is 0 Å². The van der Waals surface area contributed by atoms with Gasteiger partial charge >= 0.3 is 5.97 Å². The number of rotatable bonds is 2. The third kappa shape index (κ3) is 2.14. The van der Waals surface area contributed by atoms with Crippen LogP contribution in [0.1, 0.15) is 0 Å². The summed E-state index contributed by atoms with van der Waals surface area (Å²) in [5.41, 5.74) is 0. The van der Waals surface area contributed by atoms with Gasteiger partial charge in [-0.05, 0) is 0 Å². The van der Waals surface area contributed by atoms with Gasteiger partial charge in [-0.3, -0.25) is 9.69 Å². The second-order valence-electron chi connectivity index (χ2n) is 2.80. The summed E-state index contributed by atoms with van der Waals surface area (Å²) in [5.74, 6) is -0.462. The van der Waals surface area contributed by atoms with Crippen LogP contribution in [0.25, 0.3) is 0 Å². The highest BCUT2D eigenvalue weighted by molar-refractivity contribution is 5.71. The highest BCUT2D eigenvalue weighted by Crippen LogP contribution is 2.15. The van der Waals surface area contributed by atoms with Gasteiger partial charge < -0.3 is 4.74 Å². The second-order valence-corrected chi connectivity index (χ2v) is 2.80. The summed E-state index contributed by atoms with van der Waals surface area (Å²) < 4.78 is 29.5. The molecule has 0 bridgehead atoms. The molecule has 0 aromatic carbocycles. The van der Waals surface area contributed by atoms with Crippen molar-refractivity contribution in [2.75, 3.05) is 26.7 Å². The number of esters is 1. The molecule has 0 radical (unpaired) electrons.